The van der Waals surface area contributed by atoms with Gasteiger partial charge in [-0.2, -0.15) is 0 Å². The zero-order valence-corrected chi connectivity index (χ0v) is 17.4. The number of carbonyl (C=O) groups excluding carboxylic acids is 2. The maximum atomic E-state index is 13.0. The maximum Gasteiger partial charge on any atom is 0.228 e. The minimum absolute atomic E-state index is 0.0271. The summed E-state index contributed by atoms with van der Waals surface area (Å²) in [5, 5.41) is 0.520. The number of para-hydroxylation sites is 1. The smallest absolute Gasteiger partial charge is 0.228 e. The predicted octanol–water partition coefficient (Wildman–Crippen LogP) is 2.59. The van der Waals surface area contributed by atoms with Gasteiger partial charge in [0.05, 0.1) is 21.1 Å². The molecule has 2 aliphatic heterocycles. The van der Waals surface area contributed by atoms with E-state index in [1.807, 2.05) is 23.1 Å². The second-order valence-corrected chi connectivity index (χ2v) is 8.19. The first-order chi connectivity index (χ1) is 13.5. The van der Waals surface area contributed by atoms with Gasteiger partial charge in [-0.1, -0.05) is 23.7 Å². The molecule has 2 saturated heterocycles. The van der Waals surface area contributed by atoms with E-state index < -0.39 is 0 Å². The third-order valence-electron chi connectivity index (χ3n) is 5.10. The SMILES string of the molecule is O=C(C1CC(=O)N(c2ccccc2Cl)C1)N1CCN(c2ncc(Br)cn2)CC1. The Kier molecular flexibility index (Phi) is 5.50. The van der Waals surface area contributed by atoms with E-state index >= 15 is 0 Å². The first-order valence-electron chi connectivity index (χ1n) is 9.09. The highest BCUT2D eigenvalue weighted by molar-refractivity contribution is 9.10. The lowest BCUT2D eigenvalue weighted by Crippen LogP contribution is -2.51. The Hall–Kier alpha value is -2.19. The van der Waals surface area contributed by atoms with Gasteiger partial charge in [-0.25, -0.2) is 9.97 Å². The van der Waals surface area contributed by atoms with Crippen molar-refractivity contribution in [3.8, 4) is 0 Å². The summed E-state index contributed by atoms with van der Waals surface area (Å²) in [5.74, 6) is 0.295. The molecule has 0 bridgehead atoms. The fourth-order valence-electron chi connectivity index (χ4n) is 3.63. The van der Waals surface area contributed by atoms with Crippen LogP contribution in [0.3, 0.4) is 0 Å². The Morgan fingerprint density at radius 3 is 2.46 bits per heavy atom. The van der Waals surface area contributed by atoms with Gasteiger partial charge in [0.2, 0.25) is 17.8 Å². The highest BCUT2D eigenvalue weighted by Gasteiger charge is 2.38. The number of halogens is 2. The third kappa shape index (κ3) is 3.84. The molecule has 0 spiro atoms. The van der Waals surface area contributed by atoms with Crippen LogP contribution in [-0.4, -0.2) is 59.4 Å². The molecule has 0 radical (unpaired) electrons. The van der Waals surface area contributed by atoms with Gasteiger partial charge in [0, 0.05) is 51.5 Å². The van der Waals surface area contributed by atoms with Crippen LogP contribution in [-0.2, 0) is 9.59 Å². The number of piperazine rings is 1. The summed E-state index contributed by atoms with van der Waals surface area (Å²) in [6.07, 6.45) is 3.65. The molecular weight excluding hydrogens is 446 g/mol. The molecule has 3 heterocycles. The molecule has 9 heteroatoms. The summed E-state index contributed by atoms with van der Waals surface area (Å²) in [7, 11) is 0. The number of hydrogen-bond donors (Lipinski definition) is 0. The topological polar surface area (TPSA) is 69.6 Å². The number of aromatic nitrogens is 2. The van der Waals surface area contributed by atoms with Gasteiger partial charge in [0.25, 0.3) is 0 Å². The van der Waals surface area contributed by atoms with E-state index in [2.05, 4.69) is 30.8 Å². The molecule has 0 saturated carbocycles. The fourth-order valence-corrected chi connectivity index (χ4v) is 4.07. The second-order valence-electron chi connectivity index (χ2n) is 6.87. The number of amides is 2. The van der Waals surface area contributed by atoms with Crippen LogP contribution in [0.1, 0.15) is 6.42 Å². The molecular formula is C19H19BrClN5O2. The van der Waals surface area contributed by atoms with E-state index in [1.54, 1.807) is 23.4 Å². The Balaban J connectivity index is 1.37. The van der Waals surface area contributed by atoms with Crippen molar-refractivity contribution in [2.24, 2.45) is 5.92 Å². The van der Waals surface area contributed by atoms with Crippen molar-refractivity contribution in [1.29, 1.82) is 0 Å². The summed E-state index contributed by atoms with van der Waals surface area (Å²) in [6.45, 7) is 2.89. The molecule has 0 aliphatic carbocycles. The number of hydrogen-bond acceptors (Lipinski definition) is 5. The monoisotopic (exact) mass is 463 g/mol. The van der Waals surface area contributed by atoms with Gasteiger partial charge in [-0.15, -0.1) is 0 Å². The van der Waals surface area contributed by atoms with Crippen LogP contribution >= 0.6 is 27.5 Å². The Bertz CT molecular complexity index is 886. The standard InChI is InChI=1S/C19H19BrClN5O2/c20-14-10-22-19(23-11-14)25-7-5-24(6-8-25)18(28)13-9-17(27)26(12-13)16-4-2-1-3-15(16)21/h1-4,10-11,13H,5-9,12H2. The first-order valence-corrected chi connectivity index (χ1v) is 10.3. The number of nitrogens with zero attached hydrogens (tertiary/aromatic N) is 5. The Morgan fingerprint density at radius 2 is 1.79 bits per heavy atom. The number of benzene rings is 1. The molecule has 1 unspecified atom stereocenters. The van der Waals surface area contributed by atoms with Gasteiger partial charge in [0.1, 0.15) is 0 Å². The van der Waals surface area contributed by atoms with Crippen molar-refractivity contribution >= 4 is 51.0 Å². The van der Waals surface area contributed by atoms with Crippen molar-refractivity contribution < 1.29 is 9.59 Å². The van der Waals surface area contributed by atoms with Crippen molar-refractivity contribution in [2.45, 2.75) is 6.42 Å². The van der Waals surface area contributed by atoms with Crippen molar-refractivity contribution in [2.75, 3.05) is 42.5 Å². The third-order valence-corrected chi connectivity index (χ3v) is 5.83. The molecule has 28 heavy (non-hydrogen) atoms. The average molecular weight is 465 g/mol. The minimum atomic E-state index is -0.334. The Labute approximate surface area is 176 Å². The van der Waals surface area contributed by atoms with E-state index in [1.165, 1.54) is 0 Å². The highest BCUT2D eigenvalue weighted by Crippen LogP contribution is 2.31. The van der Waals surface area contributed by atoms with Crippen molar-refractivity contribution in [1.82, 2.24) is 14.9 Å². The van der Waals surface area contributed by atoms with E-state index in [4.69, 9.17) is 11.6 Å². The number of carbonyl (C=O) groups is 2. The van der Waals surface area contributed by atoms with Crippen LogP contribution in [0.4, 0.5) is 11.6 Å². The zero-order chi connectivity index (χ0) is 19.7. The van der Waals surface area contributed by atoms with Crippen LogP contribution in [0.25, 0.3) is 0 Å². The fraction of sp³-hybridized carbons (Fsp3) is 0.368. The second kappa shape index (κ2) is 8.05. The highest BCUT2D eigenvalue weighted by atomic mass is 79.9. The summed E-state index contributed by atoms with van der Waals surface area (Å²) in [6, 6.07) is 7.23. The molecule has 7 nitrogen and oxygen atoms in total. The molecule has 1 aromatic carbocycles. The van der Waals surface area contributed by atoms with Crippen LogP contribution < -0.4 is 9.80 Å². The van der Waals surface area contributed by atoms with Gasteiger partial charge >= 0.3 is 0 Å². The summed E-state index contributed by atoms with van der Waals surface area (Å²) in [4.78, 5) is 39.6. The summed E-state index contributed by atoms with van der Waals surface area (Å²) < 4.78 is 0.832. The van der Waals surface area contributed by atoms with Crippen LogP contribution in [0, 0.1) is 5.92 Å². The molecule has 2 fully saturated rings. The molecule has 1 atom stereocenters. The predicted molar refractivity (Wildman–Crippen MR) is 110 cm³/mol. The van der Waals surface area contributed by atoms with E-state index in [0.29, 0.717) is 49.4 Å². The van der Waals surface area contributed by atoms with E-state index in [-0.39, 0.29) is 24.2 Å². The molecule has 4 rings (SSSR count). The van der Waals surface area contributed by atoms with Gasteiger partial charge < -0.3 is 14.7 Å². The molecule has 146 valence electrons. The van der Waals surface area contributed by atoms with Crippen LogP contribution in [0.2, 0.25) is 5.02 Å². The number of rotatable bonds is 3. The molecule has 2 aliphatic rings. The number of anilines is 2. The lowest BCUT2D eigenvalue weighted by atomic mass is 10.1. The zero-order valence-electron chi connectivity index (χ0n) is 15.1. The van der Waals surface area contributed by atoms with Gasteiger partial charge in [-0.3, -0.25) is 9.59 Å². The largest absolute Gasteiger partial charge is 0.339 e. The minimum Gasteiger partial charge on any atom is -0.339 e. The van der Waals surface area contributed by atoms with Crippen molar-refractivity contribution in [3.05, 3.63) is 46.2 Å². The molecule has 2 amide bonds. The van der Waals surface area contributed by atoms with Crippen LogP contribution in [0.15, 0.2) is 41.1 Å². The lowest BCUT2D eigenvalue weighted by Gasteiger charge is -2.35. The molecule has 1 aromatic heterocycles. The Morgan fingerprint density at radius 1 is 1.11 bits per heavy atom. The van der Waals surface area contributed by atoms with E-state index in [0.717, 1.165) is 4.47 Å². The summed E-state index contributed by atoms with van der Waals surface area (Å²) >= 11 is 9.55. The summed E-state index contributed by atoms with van der Waals surface area (Å²) in [5.41, 5.74) is 0.668. The molecule has 2 aromatic rings. The first kappa shape index (κ1) is 19.1. The quantitative estimate of drug-likeness (QED) is 0.698. The lowest BCUT2D eigenvalue weighted by molar-refractivity contribution is -0.136. The normalized spacial score (nSPS) is 20.0. The van der Waals surface area contributed by atoms with Crippen molar-refractivity contribution in [3.63, 3.8) is 0 Å². The average Bonchev–Trinajstić information content (AvgIpc) is 3.10. The maximum absolute atomic E-state index is 13.0. The van der Waals surface area contributed by atoms with Crippen LogP contribution in [0.5, 0.6) is 0 Å². The van der Waals surface area contributed by atoms with Gasteiger partial charge in [0.15, 0.2) is 0 Å². The van der Waals surface area contributed by atoms with E-state index in [9.17, 15) is 9.59 Å². The van der Waals surface area contributed by atoms with Gasteiger partial charge in [-0.05, 0) is 28.1 Å². The molecule has 0 N–H and O–H groups in total.